The van der Waals surface area contributed by atoms with Crippen molar-refractivity contribution in [3.8, 4) is 0 Å². The zero-order chi connectivity index (χ0) is 52.9. The second-order valence-electron chi connectivity index (χ2n) is 21.7. The minimum absolute atomic E-state index is 0.0718. The van der Waals surface area contributed by atoms with E-state index in [1.54, 1.807) is 0 Å². The molecule has 0 aliphatic carbocycles. The maximum absolute atomic E-state index is 12.9. The first-order chi connectivity index (χ1) is 36.0. The highest BCUT2D eigenvalue weighted by molar-refractivity contribution is 5.71. The van der Waals surface area contributed by atoms with Gasteiger partial charge < -0.3 is 14.2 Å². The molecule has 0 bridgehead atoms. The van der Waals surface area contributed by atoms with Crippen molar-refractivity contribution in [1.29, 1.82) is 0 Å². The van der Waals surface area contributed by atoms with Gasteiger partial charge in [0.2, 0.25) is 0 Å². The van der Waals surface area contributed by atoms with E-state index >= 15 is 0 Å². The van der Waals surface area contributed by atoms with Gasteiger partial charge in [-0.15, -0.1) is 0 Å². The number of unbranched alkanes of at least 4 members (excludes halogenated alkanes) is 40. The van der Waals surface area contributed by atoms with Crippen molar-refractivity contribution in [2.75, 3.05) is 13.2 Å². The lowest BCUT2D eigenvalue weighted by Crippen LogP contribution is -2.30. The Hall–Kier alpha value is -2.63. The average Bonchev–Trinajstić information content (AvgIpc) is 3.39. The number of carbonyl (C=O) groups is 3. The molecule has 0 spiro atoms. The molecular formula is C67H122O6. The summed E-state index contributed by atoms with van der Waals surface area (Å²) in [7, 11) is 0. The van der Waals surface area contributed by atoms with Crippen LogP contribution in [0.25, 0.3) is 0 Å². The minimum atomic E-state index is -0.774. The summed E-state index contributed by atoms with van der Waals surface area (Å²) < 4.78 is 16.9. The van der Waals surface area contributed by atoms with Crippen LogP contribution < -0.4 is 0 Å². The highest BCUT2D eigenvalue weighted by Crippen LogP contribution is 2.18. The highest BCUT2D eigenvalue weighted by Gasteiger charge is 2.19. The lowest BCUT2D eigenvalue weighted by atomic mass is 10.0. The van der Waals surface area contributed by atoms with Gasteiger partial charge in [0.05, 0.1) is 0 Å². The topological polar surface area (TPSA) is 78.9 Å². The molecular weight excluding hydrogens is 901 g/mol. The maximum Gasteiger partial charge on any atom is 0.306 e. The lowest BCUT2D eigenvalue weighted by Gasteiger charge is -2.18. The fourth-order valence-corrected chi connectivity index (χ4v) is 9.56. The minimum Gasteiger partial charge on any atom is -0.462 e. The Balaban J connectivity index is 4.17. The molecule has 1 atom stereocenters. The summed E-state index contributed by atoms with van der Waals surface area (Å²) in [5.41, 5.74) is 0. The summed E-state index contributed by atoms with van der Waals surface area (Å²) in [6.45, 7) is 6.55. The summed E-state index contributed by atoms with van der Waals surface area (Å²) >= 11 is 0. The van der Waals surface area contributed by atoms with Crippen LogP contribution in [0.4, 0.5) is 0 Å². The zero-order valence-corrected chi connectivity index (χ0v) is 48.9. The van der Waals surface area contributed by atoms with Gasteiger partial charge in [-0.05, 0) is 57.8 Å². The SMILES string of the molecule is CC/C=C\C/C=C\C/C=C\C/C=C\CCCCCCCCCCC(=O)OC(COC(=O)CCCCCCCCCCC)COC(=O)CCCCCCCCCCCCCCCCCCCCCCCCCCC. The van der Waals surface area contributed by atoms with E-state index in [-0.39, 0.29) is 31.1 Å². The molecule has 0 radical (unpaired) electrons. The van der Waals surface area contributed by atoms with E-state index in [4.69, 9.17) is 14.2 Å². The highest BCUT2D eigenvalue weighted by atomic mass is 16.6. The van der Waals surface area contributed by atoms with Gasteiger partial charge in [0.25, 0.3) is 0 Å². The first kappa shape index (κ1) is 70.4. The number of hydrogen-bond donors (Lipinski definition) is 0. The van der Waals surface area contributed by atoms with Crippen LogP contribution in [0.1, 0.15) is 342 Å². The van der Waals surface area contributed by atoms with Gasteiger partial charge in [0.15, 0.2) is 6.10 Å². The molecule has 0 saturated heterocycles. The second-order valence-corrected chi connectivity index (χ2v) is 21.7. The van der Waals surface area contributed by atoms with Gasteiger partial charge in [0, 0.05) is 19.3 Å². The normalized spacial score (nSPS) is 12.3. The molecule has 0 aliphatic rings. The molecule has 0 fully saturated rings. The van der Waals surface area contributed by atoms with E-state index in [0.717, 1.165) is 89.9 Å². The number of carbonyl (C=O) groups excluding carboxylic acids is 3. The monoisotopic (exact) mass is 1020 g/mol. The van der Waals surface area contributed by atoms with E-state index in [9.17, 15) is 14.4 Å². The van der Waals surface area contributed by atoms with Crippen LogP contribution in [0.5, 0.6) is 0 Å². The summed E-state index contributed by atoms with van der Waals surface area (Å²) in [5, 5.41) is 0. The third-order valence-electron chi connectivity index (χ3n) is 14.3. The van der Waals surface area contributed by atoms with Crippen LogP contribution in [0, 0.1) is 0 Å². The number of hydrogen-bond acceptors (Lipinski definition) is 6. The van der Waals surface area contributed by atoms with Gasteiger partial charge in [-0.3, -0.25) is 14.4 Å². The average molecular weight is 1020 g/mol. The molecule has 1 unspecified atom stereocenters. The fraction of sp³-hybridized carbons (Fsp3) is 0.836. The zero-order valence-electron chi connectivity index (χ0n) is 48.9. The molecule has 0 rings (SSSR count). The molecule has 0 heterocycles. The second kappa shape index (κ2) is 61.9. The van der Waals surface area contributed by atoms with Crippen LogP contribution in [0.15, 0.2) is 48.6 Å². The molecule has 0 amide bonds. The van der Waals surface area contributed by atoms with Crippen LogP contribution >= 0.6 is 0 Å². The van der Waals surface area contributed by atoms with Gasteiger partial charge in [-0.2, -0.15) is 0 Å². The van der Waals surface area contributed by atoms with E-state index in [1.807, 2.05) is 0 Å². The van der Waals surface area contributed by atoms with Crippen LogP contribution in [-0.4, -0.2) is 37.2 Å². The molecule has 0 aromatic heterocycles. The third kappa shape index (κ3) is 60.1. The maximum atomic E-state index is 12.9. The number of allylic oxidation sites excluding steroid dienone is 8. The van der Waals surface area contributed by atoms with Crippen molar-refractivity contribution in [3.63, 3.8) is 0 Å². The first-order valence-electron chi connectivity index (χ1n) is 32.1. The Morgan fingerprint density at radius 2 is 0.534 bits per heavy atom. The molecule has 0 aliphatic heterocycles. The standard InChI is InChI=1S/C67H122O6/c1-4-7-10-13-16-19-21-23-25-27-29-31-32-33-34-36-37-39-41-43-45-48-51-54-57-60-66(69)72-63-64(62-71-65(68)59-56-53-50-47-18-15-12-9-6-3)73-67(70)61-58-55-52-49-46-44-42-40-38-35-30-28-26-24-22-20-17-14-11-8-5-2/h8,11,17,20,24,26,30,35,64H,4-7,9-10,12-16,18-19,21-23,25,27-29,31-34,36-63H2,1-3H3/b11-8-,20-17-,26-24-,35-30-. The van der Waals surface area contributed by atoms with Gasteiger partial charge in [0.1, 0.15) is 13.2 Å². The Labute approximate surface area is 454 Å². The molecule has 0 aromatic rings. The Morgan fingerprint density at radius 1 is 0.288 bits per heavy atom. The van der Waals surface area contributed by atoms with Crippen LogP contribution in [-0.2, 0) is 28.6 Å². The molecule has 6 heteroatoms. The predicted molar refractivity (Wildman–Crippen MR) is 316 cm³/mol. The van der Waals surface area contributed by atoms with Gasteiger partial charge in [-0.25, -0.2) is 0 Å². The lowest BCUT2D eigenvalue weighted by molar-refractivity contribution is -0.167. The Bertz CT molecular complexity index is 1270. The van der Waals surface area contributed by atoms with Crippen molar-refractivity contribution in [1.82, 2.24) is 0 Å². The Morgan fingerprint density at radius 3 is 0.836 bits per heavy atom. The summed E-state index contributed by atoms with van der Waals surface area (Å²) in [6, 6.07) is 0. The van der Waals surface area contributed by atoms with Crippen molar-refractivity contribution >= 4 is 17.9 Å². The summed E-state index contributed by atoms with van der Waals surface area (Å²) in [6.07, 6.45) is 77.1. The molecule has 73 heavy (non-hydrogen) atoms. The van der Waals surface area contributed by atoms with Crippen LogP contribution in [0.3, 0.4) is 0 Å². The van der Waals surface area contributed by atoms with Gasteiger partial charge in [-0.1, -0.05) is 313 Å². The van der Waals surface area contributed by atoms with Crippen molar-refractivity contribution < 1.29 is 28.6 Å². The number of rotatable bonds is 59. The first-order valence-corrected chi connectivity index (χ1v) is 32.1. The molecule has 6 nitrogen and oxygen atoms in total. The van der Waals surface area contributed by atoms with Gasteiger partial charge >= 0.3 is 17.9 Å². The third-order valence-corrected chi connectivity index (χ3v) is 14.3. The number of esters is 3. The smallest absolute Gasteiger partial charge is 0.306 e. The Kier molecular flexibility index (Phi) is 59.7. The van der Waals surface area contributed by atoms with Crippen molar-refractivity contribution in [3.05, 3.63) is 48.6 Å². The van der Waals surface area contributed by atoms with Crippen molar-refractivity contribution in [2.24, 2.45) is 0 Å². The molecule has 0 N–H and O–H groups in total. The number of ether oxygens (including phenoxy) is 3. The van der Waals surface area contributed by atoms with Crippen molar-refractivity contribution in [2.45, 2.75) is 348 Å². The van der Waals surface area contributed by atoms with E-state index in [1.165, 1.54) is 212 Å². The predicted octanol–water partition coefficient (Wildman–Crippen LogP) is 21.8. The fourth-order valence-electron chi connectivity index (χ4n) is 9.56. The largest absolute Gasteiger partial charge is 0.462 e. The van der Waals surface area contributed by atoms with E-state index in [2.05, 4.69) is 69.4 Å². The molecule has 0 aromatic carbocycles. The summed E-state index contributed by atoms with van der Waals surface area (Å²) in [5.74, 6) is -0.863. The quantitative estimate of drug-likeness (QED) is 0.0261. The van der Waals surface area contributed by atoms with E-state index < -0.39 is 6.10 Å². The van der Waals surface area contributed by atoms with Crippen LogP contribution in [0.2, 0.25) is 0 Å². The molecule has 0 saturated carbocycles. The summed E-state index contributed by atoms with van der Waals surface area (Å²) in [4.78, 5) is 38.2. The van der Waals surface area contributed by atoms with E-state index in [0.29, 0.717) is 19.3 Å². The molecule has 426 valence electrons.